The molecule has 0 saturated heterocycles. The molecule has 0 radical (unpaired) electrons. The molecule has 0 aliphatic heterocycles. The van der Waals surface area contributed by atoms with E-state index in [1.165, 1.54) is 0 Å². The quantitative estimate of drug-likeness (QED) is 0.466. The van der Waals surface area contributed by atoms with Gasteiger partial charge in [0.25, 0.3) is 0 Å². The van der Waals surface area contributed by atoms with Crippen molar-refractivity contribution in [3.63, 3.8) is 0 Å². The zero-order valence-corrected chi connectivity index (χ0v) is 16.2. The maximum Gasteiger partial charge on any atom is 0.227 e. The van der Waals surface area contributed by atoms with Gasteiger partial charge in [0.2, 0.25) is 5.95 Å². The molecule has 9 heteroatoms. The predicted octanol–water partition coefficient (Wildman–Crippen LogP) is 3.68. The van der Waals surface area contributed by atoms with Crippen LogP contribution in [0.2, 0.25) is 0 Å². The number of aromatic nitrogens is 6. The Labute approximate surface area is 162 Å². The number of nitrogens with zero attached hydrogens (tertiary/aromatic N) is 6. The van der Waals surface area contributed by atoms with Gasteiger partial charge in [0, 0.05) is 11.9 Å². The number of hydrogen-bond acceptors (Lipinski definition) is 7. The third kappa shape index (κ3) is 3.29. The Bertz CT molecular complexity index is 1060. The molecule has 0 fully saturated rings. The van der Waals surface area contributed by atoms with Crippen molar-refractivity contribution in [3.8, 4) is 17.1 Å². The van der Waals surface area contributed by atoms with Crippen molar-refractivity contribution in [2.24, 2.45) is 0 Å². The second kappa shape index (κ2) is 6.83. The van der Waals surface area contributed by atoms with Gasteiger partial charge in [0.05, 0.1) is 15.0 Å². The minimum atomic E-state index is 0.489. The van der Waals surface area contributed by atoms with Crippen molar-refractivity contribution in [1.29, 1.82) is 0 Å². The molecule has 3 heterocycles. The molecule has 130 valence electrons. The molecule has 26 heavy (non-hydrogen) atoms. The number of hydrogen-bond donors (Lipinski definition) is 1. The van der Waals surface area contributed by atoms with Gasteiger partial charge in [0.15, 0.2) is 0 Å². The molecule has 0 unspecified atom stereocenters. The van der Waals surface area contributed by atoms with Gasteiger partial charge in [-0.3, -0.25) is 0 Å². The fourth-order valence-electron chi connectivity index (χ4n) is 2.37. The Kier molecular flexibility index (Phi) is 4.37. The highest BCUT2D eigenvalue weighted by Gasteiger charge is 2.14. The summed E-state index contributed by atoms with van der Waals surface area (Å²) >= 11 is 2.20. The van der Waals surface area contributed by atoms with Gasteiger partial charge in [-0.05, 0) is 66.8 Å². The van der Waals surface area contributed by atoms with Gasteiger partial charge in [-0.25, -0.2) is 19.6 Å². The number of benzene rings is 1. The lowest BCUT2D eigenvalue weighted by Crippen LogP contribution is -1.99. The summed E-state index contributed by atoms with van der Waals surface area (Å²) in [5.41, 5.74) is 3.22. The lowest BCUT2D eigenvalue weighted by Gasteiger charge is -2.07. The lowest BCUT2D eigenvalue weighted by molar-refractivity contribution is 0.398. The van der Waals surface area contributed by atoms with Gasteiger partial charge >= 0.3 is 0 Å². The van der Waals surface area contributed by atoms with E-state index >= 15 is 0 Å². The number of rotatable bonds is 4. The molecule has 1 N–H and O–H groups in total. The van der Waals surface area contributed by atoms with Crippen molar-refractivity contribution in [1.82, 2.24) is 29.9 Å². The summed E-state index contributed by atoms with van der Waals surface area (Å²) in [6, 6.07) is 9.58. The van der Waals surface area contributed by atoms with E-state index in [9.17, 15) is 0 Å². The zero-order chi connectivity index (χ0) is 18.1. The van der Waals surface area contributed by atoms with Crippen LogP contribution in [0.4, 0.5) is 11.6 Å². The van der Waals surface area contributed by atoms with E-state index in [2.05, 4.69) is 53.1 Å². The molecule has 1 aromatic carbocycles. The predicted molar refractivity (Wildman–Crippen MR) is 104 cm³/mol. The summed E-state index contributed by atoms with van der Waals surface area (Å²) in [5.74, 6) is 1.99. The van der Waals surface area contributed by atoms with Gasteiger partial charge in [-0.2, -0.15) is 5.10 Å². The van der Waals surface area contributed by atoms with Crippen molar-refractivity contribution in [3.05, 3.63) is 58.0 Å². The molecule has 0 amide bonds. The number of halogens is 1. The van der Waals surface area contributed by atoms with Crippen molar-refractivity contribution in [2.75, 3.05) is 5.32 Å². The highest BCUT2D eigenvalue weighted by molar-refractivity contribution is 14.1. The average molecular weight is 459 g/mol. The third-order valence-corrected chi connectivity index (χ3v) is 4.95. The Morgan fingerprint density at radius 2 is 1.88 bits per heavy atom. The fourth-order valence-corrected chi connectivity index (χ4v) is 2.84. The smallest absolute Gasteiger partial charge is 0.227 e. The maximum absolute atomic E-state index is 5.21. The second-order valence-electron chi connectivity index (χ2n) is 5.58. The zero-order valence-electron chi connectivity index (χ0n) is 14.0. The highest BCUT2D eigenvalue weighted by atomic mass is 127. The topological polar surface area (TPSA) is 94.6 Å². The molecule has 0 bridgehead atoms. The molecule has 4 rings (SSSR count). The highest BCUT2D eigenvalue weighted by Crippen LogP contribution is 2.26. The van der Waals surface area contributed by atoms with Crippen LogP contribution in [-0.4, -0.2) is 29.9 Å². The van der Waals surface area contributed by atoms with E-state index in [1.807, 2.05) is 38.1 Å². The van der Waals surface area contributed by atoms with Crippen LogP contribution in [0.1, 0.15) is 11.6 Å². The van der Waals surface area contributed by atoms with E-state index in [0.717, 1.165) is 26.5 Å². The second-order valence-corrected chi connectivity index (χ2v) is 6.65. The van der Waals surface area contributed by atoms with E-state index < -0.39 is 0 Å². The van der Waals surface area contributed by atoms with Crippen molar-refractivity contribution >= 4 is 34.2 Å². The van der Waals surface area contributed by atoms with Gasteiger partial charge in [-0.1, -0.05) is 5.16 Å². The maximum atomic E-state index is 5.21. The molecule has 3 aromatic heterocycles. The molecular weight excluding hydrogens is 445 g/mol. The van der Waals surface area contributed by atoms with Gasteiger partial charge in [-0.15, -0.1) is 0 Å². The minimum absolute atomic E-state index is 0.489. The molecule has 8 nitrogen and oxygen atoms in total. The monoisotopic (exact) mass is 459 g/mol. The van der Waals surface area contributed by atoms with Crippen LogP contribution in [0.5, 0.6) is 0 Å². The number of anilines is 2. The van der Waals surface area contributed by atoms with Crippen LogP contribution >= 0.6 is 22.6 Å². The fraction of sp³-hybridized carbons (Fsp3) is 0.118. The summed E-state index contributed by atoms with van der Waals surface area (Å²) < 4.78 is 7.88. The lowest BCUT2D eigenvalue weighted by atomic mass is 10.3. The summed E-state index contributed by atoms with van der Waals surface area (Å²) in [4.78, 5) is 12.9. The van der Waals surface area contributed by atoms with Crippen LogP contribution < -0.4 is 5.32 Å². The Morgan fingerprint density at radius 1 is 1.08 bits per heavy atom. The molecule has 0 atom stereocenters. The Morgan fingerprint density at radius 3 is 2.54 bits per heavy atom. The van der Waals surface area contributed by atoms with E-state index in [0.29, 0.717) is 17.3 Å². The molecule has 0 saturated carbocycles. The average Bonchev–Trinajstić information content (AvgIpc) is 3.22. The summed E-state index contributed by atoms with van der Waals surface area (Å²) in [7, 11) is 0. The first-order valence-corrected chi connectivity index (χ1v) is 8.89. The Hall–Kier alpha value is -2.82. The molecule has 0 spiro atoms. The van der Waals surface area contributed by atoms with Crippen LogP contribution in [0.25, 0.3) is 17.1 Å². The summed E-state index contributed by atoms with van der Waals surface area (Å²) in [6.45, 7) is 3.73. The Balaban J connectivity index is 1.56. The molecule has 0 aliphatic carbocycles. The standard InChI is InChI=1S/C17H14IN7O/c1-10-15(18)16(24-26-10)14-7-8-19-17(22-14)21-12-3-5-13(6-4-12)25-9-20-11(2)23-25/h3-9H,1-2H3,(H,19,21,22). The summed E-state index contributed by atoms with van der Waals surface area (Å²) in [6.07, 6.45) is 3.38. The van der Waals surface area contributed by atoms with Crippen molar-refractivity contribution in [2.45, 2.75) is 13.8 Å². The van der Waals surface area contributed by atoms with Crippen LogP contribution in [-0.2, 0) is 0 Å². The number of aryl methyl sites for hydroxylation is 2. The van der Waals surface area contributed by atoms with E-state index in [-0.39, 0.29) is 0 Å². The van der Waals surface area contributed by atoms with Crippen LogP contribution in [0, 0.1) is 17.4 Å². The van der Waals surface area contributed by atoms with Crippen LogP contribution in [0.3, 0.4) is 0 Å². The summed E-state index contributed by atoms with van der Waals surface area (Å²) in [5, 5.41) is 11.6. The minimum Gasteiger partial charge on any atom is -0.360 e. The first kappa shape index (κ1) is 16.6. The first-order chi connectivity index (χ1) is 12.6. The molecule has 4 aromatic rings. The van der Waals surface area contributed by atoms with E-state index in [1.54, 1.807) is 23.3 Å². The SMILES string of the molecule is Cc1ncn(-c2ccc(Nc3nccc(-c4noc(C)c4I)n3)cc2)n1. The molecular formula is C17H14IN7O. The van der Waals surface area contributed by atoms with Crippen molar-refractivity contribution < 1.29 is 4.52 Å². The van der Waals surface area contributed by atoms with Gasteiger partial charge < -0.3 is 9.84 Å². The van der Waals surface area contributed by atoms with Gasteiger partial charge in [0.1, 0.15) is 23.6 Å². The van der Waals surface area contributed by atoms with Crippen LogP contribution in [0.15, 0.2) is 47.4 Å². The number of nitrogens with one attached hydrogen (secondary N) is 1. The van der Waals surface area contributed by atoms with E-state index in [4.69, 9.17) is 4.52 Å². The normalized spacial score (nSPS) is 10.9. The molecule has 0 aliphatic rings. The third-order valence-electron chi connectivity index (χ3n) is 3.68. The first-order valence-electron chi connectivity index (χ1n) is 7.81. The largest absolute Gasteiger partial charge is 0.360 e.